The van der Waals surface area contributed by atoms with Gasteiger partial charge in [0, 0.05) is 16.8 Å². The number of benzene rings is 2. The summed E-state index contributed by atoms with van der Waals surface area (Å²) in [5, 5.41) is 4.54. The number of nitrogens with zero attached hydrogens (tertiary/aromatic N) is 1. The lowest BCUT2D eigenvalue weighted by Gasteiger charge is -2.21. The minimum absolute atomic E-state index is 0.225. The number of para-hydroxylation sites is 1. The van der Waals surface area contributed by atoms with Crippen LogP contribution in [0.25, 0.3) is 10.9 Å². The van der Waals surface area contributed by atoms with Crippen molar-refractivity contribution in [2.45, 2.75) is 25.7 Å². The highest BCUT2D eigenvalue weighted by molar-refractivity contribution is 5.95. The number of hydrogen-bond acceptors (Lipinski definition) is 2. The van der Waals surface area contributed by atoms with Gasteiger partial charge < -0.3 is 5.32 Å². The van der Waals surface area contributed by atoms with E-state index in [9.17, 15) is 4.39 Å². The Morgan fingerprint density at radius 1 is 0.955 bits per heavy atom. The van der Waals surface area contributed by atoms with E-state index in [2.05, 4.69) is 11.4 Å². The Hall–Kier alpha value is -2.42. The quantitative estimate of drug-likeness (QED) is 0.719. The van der Waals surface area contributed by atoms with E-state index in [0.29, 0.717) is 0 Å². The lowest BCUT2D eigenvalue weighted by Crippen LogP contribution is -2.09. The van der Waals surface area contributed by atoms with E-state index in [-0.39, 0.29) is 5.82 Å². The molecule has 0 amide bonds. The Morgan fingerprint density at radius 2 is 1.82 bits per heavy atom. The fraction of sp³-hybridized carbons (Fsp3) is 0.211. The summed E-state index contributed by atoms with van der Waals surface area (Å²) in [5.74, 6) is -0.225. The molecule has 3 heteroatoms. The molecule has 1 heterocycles. The smallest absolute Gasteiger partial charge is 0.125 e. The average Bonchev–Trinajstić information content (AvgIpc) is 2.55. The Morgan fingerprint density at radius 3 is 2.73 bits per heavy atom. The van der Waals surface area contributed by atoms with Gasteiger partial charge in [0.15, 0.2) is 0 Å². The molecule has 4 rings (SSSR count). The predicted octanol–water partition coefficient (Wildman–Crippen LogP) is 5.00. The monoisotopic (exact) mass is 292 g/mol. The number of aryl methyl sites for hydroxylation is 1. The van der Waals surface area contributed by atoms with Crippen LogP contribution >= 0.6 is 0 Å². The summed E-state index contributed by atoms with van der Waals surface area (Å²) in [4.78, 5) is 4.82. The maximum absolute atomic E-state index is 13.5. The van der Waals surface area contributed by atoms with E-state index in [4.69, 9.17) is 4.98 Å². The second kappa shape index (κ2) is 5.41. The first kappa shape index (κ1) is 13.3. The number of aromatic nitrogens is 1. The Bertz CT molecular complexity index is 842. The molecule has 0 radical (unpaired) electrons. The molecule has 22 heavy (non-hydrogen) atoms. The highest BCUT2D eigenvalue weighted by atomic mass is 19.1. The number of fused-ring (bicyclic) bond motifs is 2. The summed E-state index contributed by atoms with van der Waals surface area (Å²) in [7, 11) is 0. The van der Waals surface area contributed by atoms with Crippen LogP contribution in [0.5, 0.6) is 0 Å². The topological polar surface area (TPSA) is 24.9 Å². The third kappa shape index (κ3) is 2.33. The summed E-state index contributed by atoms with van der Waals surface area (Å²) in [5.41, 5.74) is 5.34. The van der Waals surface area contributed by atoms with Gasteiger partial charge in [-0.3, -0.25) is 4.98 Å². The van der Waals surface area contributed by atoms with Crippen molar-refractivity contribution < 1.29 is 4.39 Å². The maximum Gasteiger partial charge on any atom is 0.125 e. The number of nitrogens with one attached hydrogen (secondary N) is 1. The van der Waals surface area contributed by atoms with Gasteiger partial charge in [-0.2, -0.15) is 0 Å². The molecular weight excluding hydrogens is 275 g/mol. The second-order valence-corrected chi connectivity index (χ2v) is 5.77. The number of rotatable bonds is 2. The largest absolute Gasteiger partial charge is 0.355 e. The van der Waals surface area contributed by atoms with Crippen LogP contribution in [0.3, 0.4) is 0 Å². The first-order chi connectivity index (χ1) is 10.8. The third-order valence-electron chi connectivity index (χ3n) is 4.26. The zero-order chi connectivity index (χ0) is 14.9. The minimum atomic E-state index is -0.225. The third-order valence-corrected chi connectivity index (χ3v) is 4.26. The Kier molecular flexibility index (Phi) is 3.26. The van der Waals surface area contributed by atoms with Crippen molar-refractivity contribution in [1.29, 1.82) is 0 Å². The first-order valence-electron chi connectivity index (χ1n) is 7.74. The molecule has 0 aliphatic heterocycles. The highest BCUT2D eigenvalue weighted by Gasteiger charge is 2.18. The molecule has 0 bridgehead atoms. The van der Waals surface area contributed by atoms with Crippen LogP contribution in [0.2, 0.25) is 0 Å². The van der Waals surface area contributed by atoms with E-state index >= 15 is 0 Å². The molecule has 2 nitrogen and oxygen atoms in total. The van der Waals surface area contributed by atoms with Gasteiger partial charge in [-0.25, -0.2) is 4.39 Å². The zero-order valence-corrected chi connectivity index (χ0v) is 12.3. The van der Waals surface area contributed by atoms with E-state index in [1.165, 1.54) is 36.2 Å². The Balaban J connectivity index is 1.90. The predicted molar refractivity (Wildman–Crippen MR) is 88.1 cm³/mol. The second-order valence-electron chi connectivity index (χ2n) is 5.77. The van der Waals surface area contributed by atoms with Gasteiger partial charge >= 0.3 is 0 Å². The minimum Gasteiger partial charge on any atom is -0.355 e. The molecule has 0 fully saturated rings. The molecule has 0 spiro atoms. The molecular formula is C19H17FN2. The number of halogens is 1. The van der Waals surface area contributed by atoms with Gasteiger partial charge in [-0.15, -0.1) is 0 Å². The van der Waals surface area contributed by atoms with Crippen LogP contribution in [-0.2, 0) is 12.8 Å². The average molecular weight is 292 g/mol. The Labute approximate surface area is 129 Å². The van der Waals surface area contributed by atoms with E-state index in [0.717, 1.165) is 35.1 Å². The molecule has 1 aromatic heterocycles. The summed E-state index contributed by atoms with van der Waals surface area (Å²) in [6.07, 6.45) is 4.44. The van der Waals surface area contributed by atoms with Crippen molar-refractivity contribution >= 4 is 22.3 Å². The molecule has 0 saturated carbocycles. The molecule has 0 unspecified atom stereocenters. The van der Waals surface area contributed by atoms with Crippen molar-refractivity contribution in [3.8, 4) is 0 Å². The van der Waals surface area contributed by atoms with E-state index < -0.39 is 0 Å². The van der Waals surface area contributed by atoms with Gasteiger partial charge in [-0.05, 0) is 55.5 Å². The van der Waals surface area contributed by atoms with Crippen LogP contribution in [-0.4, -0.2) is 4.98 Å². The summed E-state index contributed by atoms with van der Waals surface area (Å²) >= 11 is 0. The van der Waals surface area contributed by atoms with Gasteiger partial charge in [-0.1, -0.05) is 24.3 Å². The van der Waals surface area contributed by atoms with Crippen molar-refractivity contribution in [3.63, 3.8) is 0 Å². The summed E-state index contributed by atoms with van der Waals surface area (Å²) < 4.78 is 13.5. The fourth-order valence-corrected chi connectivity index (χ4v) is 3.23. The number of anilines is 2. The highest BCUT2D eigenvalue weighted by Crippen LogP contribution is 2.35. The SMILES string of the molecule is Fc1cccc(Nc2c3c(nc4ccccc24)CCCC3)c1. The zero-order valence-electron chi connectivity index (χ0n) is 12.3. The van der Waals surface area contributed by atoms with Crippen LogP contribution in [0, 0.1) is 5.82 Å². The standard InChI is InChI=1S/C19H17FN2/c20-13-6-5-7-14(12-13)21-19-15-8-1-3-10-17(15)22-18-11-4-2-9-16(18)19/h1,3,5-8,10,12H,2,4,9,11H2,(H,21,22). The van der Waals surface area contributed by atoms with Gasteiger partial charge in [0.1, 0.15) is 5.82 Å². The number of pyridine rings is 1. The molecule has 1 aliphatic rings. The molecule has 110 valence electrons. The van der Waals surface area contributed by atoms with Crippen LogP contribution in [0.1, 0.15) is 24.1 Å². The molecule has 0 saturated heterocycles. The number of hydrogen-bond donors (Lipinski definition) is 1. The van der Waals surface area contributed by atoms with E-state index in [1.807, 2.05) is 24.3 Å². The van der Waals surface area contributed by atoms with Crippen LogP contribution in [0.15, 0.2) is 48.5 Å². The van der Waals surface area contributed by atoms with Gasteiger partial charge in [0.25, 0.3) is 0 Å². The molecule has 0 atom stereocenters. The molecule has 1 aliphatic carbocycles. The normalized spacial score (nSPS) is 13.9. The lowest BCUT2D eigenvalue weighted by molar-refractivity contribution is 0.628. The summed E-state index contributed by atoms with van der Waals surface area (Å²) in [6.45, 7) is 0. The molecule has 2 aromatic carbocycles. The molecule has 3 aromatic rings. The van der Waals surface area contributed by atoms with Crippen LogP contribution < -0.4 is 5.32 Å². The van der Waals surface area contributed by atoms with Crippen molar-refractivity contribution in [2.24, 2.45) is 0 Å². The van der Waals surface area contributed by atoms with Crippen molar-refractivity contribution in [2.75, 3.05) is 5.32 Å². The van der Waals surface area contributed by atoms with Crippen LogP contribution in [0.4, 0.5) is 15.8 Å². The first-order valence-corrected chi connectivity index (χ1v) is 7.74. The van der Waals surface area contributed by atoms with E-state index in [1.54, 1.807) is 6.07 Å². The van der Waals surface area contributed by atoms with Gasteiger partial charge in [0.05, 0.1) is 11.2 Å². The van der Waals surface area contributed by atoms with Crippen molar-refractivity contribution in [1.82, 2.24) is 4.98 Å². The molecule has 1 N–H and O–H groups in total. The summed E-state index contributed by atoms with van der Waals surface area (Å²) in [6, 6.07) is 14.8. The van der Waals surface area contributed by atoms with Gasteiger partial charge in [0.2, 0.25) is 0 Å². The fourth-order valence-electron chi connectivity index (χ4n) is 3.23. The maximum atomic E-state index is 13.5. The van der Waals surface area contributed by atoms with Crippen molar-refractivity contribution in [3.05, 3.63) is 65.6 Å². The lowest BCUT2D eigenvalue weighted by atomic mass is 9.92.